The van der Waals surface area contributed by atoms with Crippen molar-refractivity contribution >= 4 is 42.4 Å². The number of nitrogens with two attached hydrogens (primary N) is 1. The summed E-state index contributed by atoms with van der Waals surface area (Å²) >= 11 is 0. The van der Waals surface area contributed by atoms with Gasteiger partial charge in [0.25, 0.3) is 0 Å². The maximum Gasteiger partial charge on any atom is 0.408 e. The molecule has 50 heavy (non-hydrogen) atoms. The molecule has 4 aliphatic rings. The molecule has 0 saturated carbocycles. The summed E-state index contributed by atoms with van der Waals surface area (Å²) in [5, 5.41) is 9.58. The summed E-state index contributed by atoms with van der Waals surface area (Å²) in [6.45, 7) is 23.0. The van der Waals surface area contributed by atoms with Crippen molar-refractivity contribution in [3.05, 3.63) is 0 Å². The van der Waals surface area contributed by atoms with Gasteiger partial charge in [0.05, 0.1) is 32.5 Å². The number of carbonyl (C=O) groups excluding carboxylic acids is 4. The molecule has 0 aromatic rings. The molecular formula is C33H61ClN8O8. The second kappa shape index (κ2) is 18.4. The molecule has 288 valence electrons. The van der Waals surface area contributed by atoms with Crippen molar-refractivity contribution in [1.82, 2.24) is 34.3 Å². The van der Waals surface area contributed by atoms with Gasteiger partial charge in [-0.05, 0) is 62.3 Å². The van der Waals surface area contributed by atoms with Gasteiger partial charge in [-0.3, -0.25) is 14.5 Å². The molecule has 4 aliphatic heterocycles. The van der Waals surface area contributed by atoms with Crippen molar-refractivity contribution in [1.29, 1.82) is 0 Å². The molecule has 4 heterocycles. The number of urea groups is 2. The van der Waals surface area contributed by atoms with Gasteiger partial charge in [-0.2, -0.15) is 0 Å². The molecule has 16 nitrogen and oxygen atoms in total. The first-order chi connectivity index (χ1) is 22.9. The molecule has 4 unspecified atom stereocenters. The van der Waals surface area contributed by atoms with Crippen LogP contribution in [0.3, 0.4) is 0 Å². The van der Waals surface area contributed by atoms with E-state index in [0.29, 0.717) is 78.8 Å². The summed E-state index contributed by atoms with van der Waals surface area (Å²) < 4.78 is 10.6. The standard InChI is InChI=1S/C19H34N4O5.C14H26N4O3.ClH/c1-13-11-21(16(24)15(3)23(18(26)27)19(4,5)6)12-14(2)22(13)17(25)20-7-9-28-10-8-20;1-10-8-17(13(19)12(3)15)9-11(2)18(10)14(20)16-4-6-21-7-5-16;/h13-15H,7-12H2,1-6H3,(H,26,27);10-12H,4-9,15H2,1-3H3;1H/t13?,14?,15-;10?,11?,12-;/m00./s1. The lowest BCUT2D eigenvalue weighted by Gasteiger charge is -2.48. The van der Waals surface area contributed by atoms with Gasteiger partial charge in [-0.1, -0.05) is 0 Å². The van der Waals surface area contributed by atoms with Crippen molar-refractivity contribution in [2.45, 2.75) is 104 Å². The molecule has 0 aromatic heterocycles. The van der Waals surface area contributed by atoms with Crippen LogP contribution in [0, 0.1) is 0 Å². The third-order valence-electron chi connectivity index (χ3n) is 9.53. The highest BCUT2D eigenvalue weighted by Crippen LogP contribution is 2.23. The van der Waals surface area contributed by atoms with Gasteiger partial charge in [0.2, 0.25) is 11.8 Å². The highest BCUT2D eigenvalue weighted by Gasteiger charge is 2.42. The molecule has 4 fully saturated rings. The second-order valence-electron chi connectivity index (χ2n) is 14.7. The number of halogens is 1. The van der Waals surface area contributed by atoms with Gasteiger partial charge in [0, 0.05) is 82.1 Å². The Kier molecular flexibility index (Phi) is 15.9. The Hall–Kier alpha value is -3.08. The molecule has 0 spiro atoms. The minimum Gasteiger partial charge on any atom is -0.465 e. The van der Waals surface area contributed by atoms with Crippen molar-refractivity contribution in [2.24, 2.45) is 5.73 Å². The predicted octanol–water partition coefficient (Wildman–Crippen LogP) is 1.66. The average Bonchev–Trinajstić information content (AvgIpc) is 3.03. The van der Waals surface area contributed by atoms with Crippen LogP contribution in [0.4, 0.5) is 14.4 Å². The Morgan fingerprint density at radius 1 is 0.660 bits per heavy atom. The summed E-state index contributed by atoms with van der Waals surface area (Å²) in [4.78, 5) is 74.4. The molecule has 0 radical (unpaired) electrons. The predicted molar refractivity (Wildman–Crippen MR) is 190 cm³/mol. The van der Waals surface area contributed by atoms with Crippen LogP contribution >= 0.6 is 12.4 Å². The number of nitrogens with zero attached hydrogens (tertiary/aromatic N) is 7. The SMILES string of the molecule is CC1CN(C(=O)[C@H](C)N(C(=O)O)C(C)(C)C)CC(C)N1C(=O)N1CCOCC1.CC1CN(C(=O)[C@H](C)N)CC(C)N1C(=O)N1CCOCC1.Cl. The number of rotatable bonds is 3. The molecule has 0 aliphatic carbocycles. The van der Waals surface area contributed by atoms with E-state index in [1.165, 1.54) is 4.90 Å². The highest BCUT2D eigenvalue weighted by atomic mass is 35.5. The van der Waals surface area contributed by atoms with E-state index in [1.54, 1.807) is 49.3 Å². The van der Waals surface area contributed by atoms with Crippen LogP contribution in [0.1, 0.15) is 62.3 Å². The van der Waals surface area contributed by atoms with Crippen LogP contribution in [0.2, 0.25) is 0 Å². The smallest absolute Gasteiger partial charge is 0.408 e. The van der Waals surface area contributed by atoms with Crippen LogP contribution in [-0.2, 0) is 19.1 Å². The molecular weight excluding hydrogens is 672 g/mol. The second-order valence-corrected chi connectivity index (χ2v) is 14.7. The molecule has 3 N–H and O–H groups in total. The third-order valence-corrected chi connectivity index (χ3v) is 9.53. The van der Waals surface area contributed by atoms with Crippen molar-refractivity contribution in [2.75, 3.05) is 78.8 Å². The first-order valence-electron chi connectivity index (χ1n) is 17.5. The molecule has 0 aromatic carbocycles. The lowest BCUT2D eigenvalue weighted by molar-refractivity contribution is -0.141. The van der Waals surface area contributed by atoms with Crippen molar-refractivity contribution in [3.8, 4) is 0 Å². The van der Waals surface area contributed by atoms with Crippen LogP contribution in [-0.4, -0.2) is 190 Å². The molecule has 6 atom stereocenters. The van der Waals surface area contributed by atoms with Crippen LogP contribution in [0.5, 0.6) is 0 Å². The van der Waals surface area contributed by atoms with Crippen molar-refractivity contribution < 1.29 is 38.6 Å². The van der Waals surface area contributed by atoms with E-state index < -0.39 is 23.7 Å². The van der Waals surface area contributed by atoms with Gasteiger partial charge < -0.3 is 49.7 Å². The maximum absolute atomic E-state index is 13.1. The lowest BCUT2D eigenvalue weighted by Crippen LogP contribution is -2.65. The van der Waals surface area contributed by atoms with Crippen LogP contribution in [0.15, 0.2) is 0 Å². The van der Waals surface area contributed by atoms with Gasteiger partial charge >= 0.3 is 18.2 Å². The Labute approximate surface area is 303 Å². The van der Waals surface area contributed by atoms with E-state index in [1.807, 2.05) is 42.4 Å². The quantitative estimate of drug-likeness (QED) is 0.438. The van der Waals surface area contributed by atoms with E-state index in [0.717, 1.165) is 0 Å². The number of carboxylic acid groups (broad SMARTS) is 1. The largest absolute Gasteiger partial charge is 0.465 e. The summed E-state index contributed by atoms with van der Waals surface area (Å²) in [6.07, 6.45) is -1.12. The molecule has 17 heteroatoms. The summed E-state index contributed by atoms with van der Waals surface area (Å²) in [6, 6.07) is -1.58. The Bertz CT molecular complexity index is 1150. The Balaban J connectivity index is 0.000000353. The first-order valence-corrected chi connectivity index (χ1v) is 17.5. The average molecular weight is 733 g/mol. The zero-order chi connectivity index (χ0) is 36.8. The van der Waals surface area contributed by atoms with Crippen LogP contribution < -0.4 is 5.73 Å². The fourth-order valence-corrected chi connectivity index (χ4v) is 7.29. The topological polar surface area (TPSA) is 173 Å². The Morgan fingerprint density at radius 2 is 0.980 bits per heavy atom. The summed E-state index contributed by atoms with van der Waals surface area (Å²) in [5.74, 6) is -0.276. The van der Waals surface area contributed by atoms with Gasteiger partial charge in [-0.15, -0.1) is 12.4 Å². The Morgan fingerprint density at radius 3 is 1.26 bits per heavy atom. The van der Waals surface area contributed by atoms with E-state index in [-0.39, 0.29) is 60.5 Å². The van der Waals surface area contributed by atoms with Crippen molar-refractivity contribution in [3.63, 3.8) is 0 Å². The molecule has 4 rings (SSSR count). The fraction of sp³-hybridized carbons (Fsp3) is 0.848. The molecule has 0 bridgehead atoms. The monoisotopic (exact) mass is 732 g/mol. The van der Waals surface area contributed by atoms with Gasteiger partial charge in [-0.25, -0.2) is 14.4 Å². The number of morpholine rings is 2. The zero-order valence-electron chi connectivity index (χ0n) is 31.4. The van der Waals surface area contributed by atoms with E-state index in [2.05, 4.69) is 0 Å². The first kappa shape index (κ1) is 43.1. The number of hydrogen-bond donors (Lipinski definition) is 2. The number of ether oxygens (including phenoxy) is 2. The molecule has 7 amide bonds. The summed E-state index contributed by atoms with van der Waals surface area (Å²) in [5.41, 5.74) is 4.99. The van der Waals surface area contributed by atoms with Crippen LogP contribution in [0.25, 0.3) is 0 Å². The minimum absolute atomic E-state index is 0. The number of hydrogen-bond acceptors (Lipinski definition) is 8. The maximum atomic E-state index is 13.1. The summed E-state index contributed by atoms with van der Waals surface area (Å²) in [7, 11) is 0. The number of amides is 7. The number of carbonyl (C=O) groups is 5. The molecule has 4 saturated heterocycles. The van der Waals surface area contributed by atoms with E-state index in [4.69, 9.17) is 15.2 Å². The van der Waals surface area contributed by atoms with Gasteiger partial charge in [0.1, 0.15) is 6.04 Å². The third kappa shape index (κ3) is 10.5. The van der Waals surface area contributed by atoms with E-state index in [9.17, 15) is 29.1 Å². The zero-order valence-corrected chi connectivity index (χ0v) is 32.2. The number of piperazine rings is 2. The lowest BCUT2D eigenvalue weighted by atomic mass is 10.0. The normalized spacial score (nSPS) is 25.8. The fourth-order valence-electron chi connectivity index (χ4n) is 7.29. The van der Waals surface area contributed by atoms with E-state index >= 15 is 0 Å². The highest BCUT2D eigenvalue weighted by molar-refractivity contribution is 5.86. The van der Waals surface area contributed by atoms with Gasteiger partial charge in [0.15, 0.2) is 0 Å². The minimum atomic E-state index is -1.12.